The van der Waals surface area contributed by atoms with Crippen molar-refractivity contribution in [2.45, 2.75) is 0 Å². The topological polar surface area (TPSA) is 25.8 Å². The smallest absolute Gasteiger partial charge is 0.195 e. The summed E-state index contributed by atoms with van der Waals surface area (Å²) in [5.41, 5.74) is 0.123. The first-order valence-electron chi connectivity index (χ1n) is 4.10. The third kappa shape index (κ3) is 3.08. The van der Waals surface area contributed by atoms with Gasteiger partial charge in [0, 0.05) is 11.8 Å². The van der Waals surface area contributed by atoms with Gasteiger partial charge in [-0.2, -0.15) is 0 Å². The normalized spacial score (nSPS) is 9.12. The van der Waals surface area contributed by atoms with Crippen LogP contribution in [0.3, 0.4) is 0 Å². The van der Waals surface area contributed by atoms with E-state index < -0.39 is 17.5 Å². The maximum absolute atomic E-state index is 13.3. The van der Waals surface area contributed by atoms with E-state index in [0.29, 0.717) is 0 Å². The molecule has 2 rings (SSSR count). The zero-order valence-electron chi connectivity index (χ0n) is 8.23. The second-order valence-electron chi connectivity index (χ2n) is 2.82. The Labute approximate surface area is 108 Å². The Hall–Kier alpha value is -1.33. The standard InChI is InChI=1S/C10H5F3N2.2ClH/c11-7-2-1-6(9(12)10(7)13)8-3-4-14-5-15-8;;/h1-5H;2*1H. The largest absolute Gasteiger partial charge is 0.245 e. The summed E-state index contributed by atoms with van der Waals surface area (Å²) in [6.45, 7) is 0. The van der Waals surface area contributed by atoms with Crippen LogP contribution in [0.15, 0.2) is 30.7 Å². The predicted octanol–water partition coefficient (Wildman–Crippen LogP) is 3.40. The summed E-state index contributed by atoms with van der Waals surface area (Å²) in [6.07, 6.45) is 2.60. The summed E-state index contributed by atoms with van der Waals surface area (Å²) in [4.78, 5) is 7.38. The zero-order valence-corrected chi connectivity index (χ0v) is 9.86. The van der Waals surface area contributed by atoms with E-state index in [1.165, 1.54) is 18.6 Å². The van der Waals surface area contributed by atoms with E-state index in [9.17, 15) is 13.2 Å². The van der Waals surface area contributed by atoms with Crippen molar-refractivity contribution >= 4 is 24.8 Å². The molecule has 0 aliphatic carbocycles. The van der Waals surface area contributed by atoms with Crippen molar-refractivity contribution in [2.24, 2.45) is 0 Å². The third-order valence-corrected chi connectivity index (χ3v) is 1.89. The number of hydrogen-bond acceptors (Lipinski definition) is 2. The molecule has 0 spiro atoms. The Morgan fingerprint density at radius 3 is 2.18 bits per heavy atom. The van der Waals surface area contributed by atoms with Gasteiger partial charge in [0.25, 0.3) is 0 Å². The molecule has 0 saturated heterocycles. The summed E-state index contributed by atoms with van der Waals surface area (Å²) in [6, 6.07) is 3.40. The number of nitrogens with zero attached hydrogens (tertiary/aromatic N) is 2. The van der Waals surface area contributed by atoms with Crippen LogP contribution in [-0.4, -0.2) is 9.97 Å². The van der Waals surface area contributed by atoms with Gasteiger partial charge in [0.1, 0.15) is 6.33 Å². The highest BCUT2D eigenvalue weighted by molar-refractivity contribution is 5.85. The van der Waals surface area contributed by atoms with E-state index in [1.807, 2.05) is 0 Å². The van der Waals surface area contributed by atoms with Gasteiger partial charge in [0.2, 0.25) is 0 Å². The minimum Gasteiger partial charge on any atom is -0.245 e. The summed E-state index contributed by atoms with van der Waals surface area (Å²) < 4.78 is 38.8. The van der Waals surface area contributed by atoms with Gasteiger partial charge in [-0.1, -0.05) is 0 Å². The molecule has 17 heavy (non-hydrogen) atoms. The Morgan fingerprint density at radius 1 is 0.882 bits per heavy atom. The van der Waals surface area contributed by atoms with Crippen LogP contribution in [0.1, 0.15) is 0 Å². The highest BCUT2D eigenvalue weighted by Crippen LogP contribution is 2.23. The first kappa shape index (κ1) is 15.7. The van der Waals surface area contributed by atoms with E-state index in [4.69, 9.17) is 0 Å². The van der Waals surface area contributed by atoms with Crippen LogP contribution in [0.25, 0.3) is 11.3 Å². The molecule has 2 nitrogen and oxygen atoms in total. The minimum atomic E-state index is -1.49. The summed E-state index contributed by atoms with van der Waals surface area (Å²) in [5.74, 6) is -3.95. The van der Waals surface area contributed by atoms with Crippen LogP contribution in [0.2, 0.25) is 0 Å². The molecule has 1 heterocycles. The van der Waals surface area contributed by atoms with E-state index in [2.05, 4.69) is 9.97 Å². The molecule has 0 radical (unpaired) electrons. The fraction of sp³-hybridized carbons (Fsp3) is 0. The maximum Gasteiger partial charge on any atom is 0.195 e. The Kier molecular flexibility index (Phi) is 5.91. The summed E-state index contributed by atoms with van der Waals surface area (Å²) >= 11 is 0. The molecule has 1 aromatic heterocycles. The van der Waals surface area contributed by atoms with Crippen LogP contribution in [0.4, 0.5) is 13.2 Å². The lowest BCUT2D eigenvalue weighted by Gasteiger charge is -2.02. The van der Waals surface area contributed by atoms with Crippen LogP contribution >= 0.6 is 24.8 Å². The average Bonchev–Trinajstić information content (AvgIpc) is 2.27. The van der Waals surface area contributed by atoms with Crippen molar-refractivity contribution in [3.05, 3.63) is 48.2 Å². The molecule has 2 aromatic rings. The zero-order chi connectivity index (χ0) is 10.8. The van der Waals surface area contributed by atoms with E-state index in [1.54, 1.807) is 0 Å². The Bertz CT molecular complexity index is 494. The lowest BCUT2D eigenvalue weighted by Crippen LogP contribution is -1.95. The highest BCUT2D eigenvalue weighted by Gasteiger charge is 2.14. The second-order valence-corrected chi connectivity index (χ2v) is 2.82. The molecule has 0 unspecified atom stereocenters. The van der Waals surface area contributed by atoms with Crippen LogP contribution in [0, 0.1) is 17.5 Å². The van der Waals surface area contributed by atoms with Gasteiger partial charge in [0.05, 0.1) is 5.69 Å². The van der Waals surface area contributed by atoms with Gasteiger partial charge < -0.3 is 0 Å². The quantitative estimate of drug-likeness (QED) is 0.749. The predicted molar refractivity (Wildman–Crippen MR) is 61.8 cm³/mol. The Morgan fingerprint density at radius 2 is 1.59 bits per heavy atom. The lowest BCUT2D eigenvalue weighted by molar-refractivity contribution is 0.449. The summed E-state index contributed by atoms with van der Waals surface area (Å²) in [5, 5.41) is 0. The molecule has 0 saturated carbocycles. The first-order valence-corrected chi connectivity index (χ1v) is 4.10. The number of aromatic nitrogens is 2. The van der Waals surface area contributed by atoms with Crippen LogP contribution < -0.4 is 0 Å². The van der Waals surface area contributed by atoms with Crippen LogP contribution in [0.5, 0.6) is 0 Å². The molecule has 0 N–H and O–H groups in total. The molecule has 92 valence electrons. The molecule has 0 aliphatic rings. The van der Waals surface area contributed by atoms with Gasteiger partial charge in [0.15, 0.2) is 17.5 Å². The van der Waals surface area contributed by atoms with Gasteiger partial charge in [-0.15, -0.1) is 24.8 Å². The molecule has 0 amide bonds. The van der Waals surface area contributed by atoms with Gasteiger partial charge >= 0.3 is 0 Å². The van der Waals surface area contributed by atoms with Crippen molar-refractivity contribution in [2.75, 3.05) is 0 Å². The average molecular weight is 283 g/mol. The maximum atomic E-state index is 13.3. The van der Waals surface area contributed by atoms with Crippen molar-refractivity contribution < 1.29 is 13.2 Å². The van der Waals surface area contributed by atoms with E-state index >= 15 is 0 Å². The van der Waals surface area contributed by atoms with Gasteiger partial charge in [-0.05, 0) is 18.2 Å². The van der Waals surface area contributed by atoms with Crippen molar-refractivity contribution in [3.63, 3.8) is 0 Å². The monoisotopic (exact) mass is 282 g/mol. The number of hydrogen-bond donors (Lipinski definition) is 0. The SMILES string of the molecule is Cl.Cl.Fc1ccc(-c2ccncn2)c(F)c1F. The molecular weight excluding hydrogens is 276 g/mol. The van der Waals surface area contributed by atoms with Crippen molar-refractivity contribution in [1.82, 2.24) is 9.97 Å². The Balaban J connectivity index is 0.00000128. The fourth-order valence-electron chi connectivity index (χ4n) is 1.17. The van der Waals surface area contributed by atoms with E-state index in [-0.39, 0.29) is 36.1 Å². The molecule has 0 atom stereocenters. The molecule has 1 aromatic carbocycles. The molecule has 0 bridgehead atoms. The van der Waals surface area contributed by atoms with Gasteiger partial charge in [-0.3, -0.25) is 0 Å². The third-order valence-electron chi connectivity index (χ3n) is 1.89. The van der Waals surface area contributed by atoms with Crippen LogP contribution in [-0.2, 0) is 0 Å². The fourth-order valence-corrected chi connectivity index (χ4v) is 1.17. The molecular formula is C10H7Cl2F3N2. The van der Waals surface area contributed by atoms with Gasteiger partial charge in [-0.25, -0.2) is 23.1 Å². The summed E-state index contributed by atoms with van der Waals surface area (Å²) in [7, 11) is 0. The highest BCUT2D eigenvalue weighted by atomic mass is 35.5. The first-order chi connectivity index (χ1) is 7.20. The molecule has 0 fully saturated rings. The molecule has 0 aliphatic heterocycles. The van der Waals surface area contributed by atoms with Crippen molar-refractivity contribution in [1.29, 1.82) is 0 Å². The number of rotatable bonds is 1. The minimum absolute atomic E-state index is 0. The second kappa shape index (κ2) is 6.42. The molecule has 7 heteroatoms. The van der Waals surface area contributed by atoms with E-state index in [0.717, 1.165) is 12.1 Å². The number of halogens is 5. The van der Waals surface area contributed by atoms with Crippen molar-refractivity contribution in [3.8, 4) is 11.3 Å². The number of benzene rings is 1. The lowest BCUT2D eigenvalue weighted by atomic mass is 10.1.